The van der Waals surface area contributed by atoms with Gasteiger partial charge >= 0.3 is 5.97 Å². The maximum Gasteiger partial charge on any atom is 0.328 e. The van der Waals surface area contributed by atoms with Gasteiger partial charge in [0, 0.05) is 12.1 Å². The van der Waals surface area contributed by atoms with Crippen LogP contribution in [-0.2, 0) is 9.53 Å². The van der Waals surface area contributed by atoms with Gasteiger partial charge in [-0.25, -0.2) is 4.79 Å². The Labute approximate surface area is 123 Å². The summed E-state index contributed by atoms with van der Waals surface area (Å²) >= 11 is 0. The van der Waals surface area contributed by atoms with Crippen molar-refractivity contribution in [3.05, 3.63) is 48.0 Å². The average Bonchev–Trinajstić information content (AvgIpc) is 3.02. The standard InChI is InChI=1S/C17H17NO3/c1-21-17(20)15-7-4-10-18(15)16(19)14-9-8-12-5-2-3-6-13(12)11-14/h2-3,5-6,8-9,11,15H,4,7,10H2,1H3. The molecule has 3 rings (SSSR count). The summed E-state index contributed by atoms with van der Waals surface area (Å²) in [6, 6.07) is 13.1. The molecule has 2 aromatic carbocycles. The lowest BCUT2D eigenvalue weighted by Crippen LogP contribution is -2.41. The third-order valence-corrected chi connectivity index (χ3v) is 3.98. The van der Waals surface area contributed by atoms with Crippen molar-refractivity contribution < 1.29 is 14.3 Å². The molecular formula is C17H17NO3. The number of nitrogens with zero attached hydrogens (tertiary/aromatic N) is 1. The second kappa shape index (κ2) is 5.56. The van der Waals surface area contributed by atoms with E-state index in [1.165, 1.54) is 7.11 Å². The first kappa shape index (κ1) is 13.6. The number of benzene rings is 2. The Morgan fingerprint density at radius 2 is 1.90 bits per heavy atom. The van der Waals surface area contributed by atoms with E-state index in [9.17, 15) is 9.59 Å². The van der Waals surface area contributed by atoms with Gasteiger partial charge in [0.05, 0.1) is 7.11 Å². The molecule has 1 saturated heterocycles. The number of rotatable bonds is 2. The van der Waals surface area contributed by atoms with Gasteiger partial charge in [-0.3, -0.25) is 4.79 Å². The van der Waals surface area contributed by atoms with Crippen LogP contribution >= 0.6 is 0 Å². The summed E-state index contributed by atoms with van der Waals surface area (Å²) in [7, 11) is 1.36. The van der Waals surface area contributed by atoms with Gasteiger partial charge in [-0.15, -0.1) is 0 Å². The van der Waals surface area contributed by atoms with Crippen molar-refractivity contribution in [3.63, 3.8) is 0 Å². The molecule has 2 aromatic rings. The first-order valence-corrected chi connectivity index (χ1v) is 7.08. The van der Waals surface area contributed by atoms with Crippen molar-refractivity contribution in [2.45, 2.75) is 18.9 Å². The quantitative estimate of drug-likeness (QED) is 0.796. The molecule has 0 saturated carbocycles. The highest BCUT2D eigenvalue weighted by molar-refractivity contribution is 6.00. The first-order valence-electron chi connectivity index (χ1n) is 7.08. The van der Waals surface area contributed by atoms with Crippen molar-refractivity contribution in [2.75, 3.05) is 13.7 Å². The number of hydrogen-bond donors (Lipinski definition) is 0. The third-order valence-electron chi connectivity index (χ3n) is 3.98. The van der Waals surface area contributed by atoms with Crippen LogP contribution in [0.2, 0.25) is 0 Å². The molecule has 1 aliphatic heterocycles. The van der Waals surface area contributed by atoms with Crippen molar-refractivity contribution >= 4 is 22.6 Å². The second-order valence-corrected chi connectivity index (χ2v) is 5.24. The summed E-state index contributed by atoms with van der Waals surface area (Å²) in [5, 5.41) is 2.12. The molecule has 1 fully saturated rings. The second-order valence-electron chi connectivity index (χ2n) is 5.24. The zero-order chi connectivity index (χ0) is 14.8. The van der Waals surface area contributed by atoms with E-state index < -0.39 is 6.04 Å². The van der Waals surface area contributed by atoms with E-state index in [2.05, 4.69) is 0 Å². The van der Waals surface area contributed by atoms with Crippen molar-refractivity contribution in [2.24, 2.45) is 0 Å². The zero-order valence-corrected chi connectivity index (χ0v) is 11.9. The Morgan fingerprint density at radius 3 is 2.67 bits per heavy atom. The lowest BCUT2D eigenvalue weighted by Gasteiger charge is -2.22. The highest BCUT2D eigenvalue weighted by Crippen LogP contribution is 2.23. The summed E-state index contributed by atoms with van der Waals surface area (Å²) in [5.74, 6) is -0.435. The Hall–Kier alpha value is -2.36. The van der Waals surface area contributed by atoms with Crippen LogP contribution in [0.5, 0.6) is 0 Å². The van der Waals surface area contributed by atoms with Gasteiger partial charge in [0.15, 0.2) is 0 Å². The largest absolute Gasteiger partial charge is 0.467 e. The van der Waals surface area contributed by atoms with Crippen LogP contribution < -0.4 is 0 Å². The van der Waals surface area contributed by atoms with Gasteiger partial charge in [0.25, 0.3) is 5.91 Å². The fraction of sp³-hybridized carbons (Fsp3) is 0.294. The number of esters is 1. The Bertz CT molecular complexity index is 695. The van der Waals surface area contributed by atoms with E-state index in [-0.39, 0.29) is 11.9 Å². The van der Waals surface area contributed by atoms with Gasteiger partial charge in [-0.2, -0.15) is 0 Å². The SMILES string of the molecule is COC(=O)C1CCCN1C(=O)c1ccc2ccccc2c1. The van der Waals surface area contributed by atoms with Gasteiger partial charge in [0.1, 0.15) is 6.04 Å². The first-order chi connectivity index (χ1) is 10.2. The number of ether oxygens (including phenoxy) is 1. The smallest absolute Gasteiger partial charge is 0.328 e. The fourth-order valence-corrected chi connectivity index (χ4v) is 2.88. The number of methoxy groups -OCH3 is 1. The van der Waals surface area contributed by atoms with Crippen LogP contribution in [0.3, 0.4) is 0 Å². The molecule has 1 aliphatic rings. The number of likely N-dealkylation sites (tertiary alicyclic amines) is 1. The molecule has 1 heterocycles. The molecule has 0 bridgehead atoms. The Balaban J connectivity index is 1.91. The summed E-state index contributed by atoms with van der Waals surface area (Å²) in [5.41, 5.74) is 0.615. The van der Waals surface area contributed by atoms with E-state index in [0.29, 0.717) is 18.5 Å². The third kappa shape index (κ3) is 2.49. The molecule has 0 N–H and O–H groups in total. The number of fused-ring (bicyclic) bond motifs is 1. The minimum atomic E-state index is -0.450. The summed E-state index contributed by atoms with van der Waals surface area (Å²) in [6.07, 6.45) is 1.51. The van der Waals surface area contributed by atoms with Crippen LogP contribution in [0.15, 0.2) is 42.5 Å². The van der Waals surface area contributed by atoms with E-state index in [4.69, 9.17) is 4.74 Å². The van der Waals surface area contributed by atoms with Crippen molar-refractivity contribution in [1.29, 1.82) is 0 Å². The molecule has 1 amide bonds. The van der Waals surface area contributed by atoms with Crippen LogP contribution in [0.4, 0.5) is 0 Å². The molecule has 0 spiro atoms. The van der Waals surface area contributed by atoms with Crippen molar-refractivity contribution in [1.82, 2.24) is 4.90 Å². The summed E-state index contributed by atoms with van der Waals surface area (Å²) in [4.78, 5) is 26.0. The molecule has 1 unspecified atom stereocenters. The number of carbonyl (C=O) groups is 2. The summed E-state index contributed by atoms with van der Waals surface area (Å²) in [6.45, 7) is 0.603. The highest BCUT2D eigenvalue weighted by atomic mass is 16.5. The maximum atomic E-state index is 12.6. The predicted molar refractivity (Wildman–Crippen MR) is 80.0 cm³/mol. The molecule has 4 nitrogen and oxygen atoms in total. The van der Waals surface area contributed by atoms with Gasteiger partial charge in [-0.1, -0.05) is 30.3 Å². The normalized spacial score (nSPS) is 18.0. The van der Waals surface area contributed by atoms with Gasteiger partial charge in [0.2, 0.25) is 0 Å². The molecule has 21 heavy (non-hydrogen) atoms. The van der Waals surface area contributed by atoms with Crippen LogP contribution in [0, 0.1) is 0 Å². The highest BCUT2D eigenvalue weighted by Gasteiger charge is 2.35. The van der Waals surface area contributed by atoms with Gasteiger partial charge in [-0.05, 0) is 35.7 Å². The molecule has 4 heteroatoms. The fourth-order valence-electron chi connectivity index (χ4n) is 2.88. The number of carbonyl (C=O) groups excluding carboxylic acids is 2. The Kier molecular flexibility index (Phi) is 3.60. The van der Waals surface area contributed by atoms with Crippen LogP contribution in [0.1, 0.15) is 23.2 Å². The molecular weight excluding hydrogens is 266 g/mol. The molecule has 0 radical (unpaired) electrons. The summed E-state index contributed by atoms with van der Waals surface area (Å²) < 4.78 is 4.79. The lowest BCUT2D eigenvalue weighted by molar-refractivity contribution is -0.145. The monoisotopic (exact) mass is 283 g/mol. The predicted octanol–water partition coefficient (Wildman–Crippen LogP) is 2.62. The average molecular weight is 283 g/mol. The van der Waals surface area contributed by atoms with Crippen molar-refractivity contribution in [3.8, 4) is 0 Å². The molecule has 108 valence electrons. The van der Waals surface area contributed by atoms with Crippen LogP contribution in [-0.4, -0.2) is 36.5 Å². The maximum absolute atomic E-state index is 12.6. The topological polar surface area (TPSA) is 46.6 Å². The van der Waals surface area contributed by atoms with E-state index in [1.54, 1.807) is 4.90 Å². The lowest BCUT2D eigenvalue weighted by atomic mass is 10.1. The molecule has 0 aliphatic carbocycles. The van der Waals surface area contributed by atoms with Crippen LogP contribution in [0.25, 0.3) is 10.8 Å². The Morgan fingerprint density at radius 1 is 1.14 bits per heavy atom. The molecule has 0 aromatic heterocycles. The number of hydrogen-bond acceptors (Lipinski definition) is 3. The van der Waals surface area contributed by atoms with E-state index >= 15 is 0 Å². The minimum absolute atomic E-state index is 0.103. The van der Waals surface area contributed by atoms with E-state index in [1.807, 2.05) is 42.5 Å². The minimum Gasteiger partial charge on any atom is -0.467 e. The van der Waals surface area contributed by atoms with E-state index in [0.717, 1.165) is 17.2 Å². The number of amides is 1. The zero-order valence-electron chi connectivity index (χ0n) is 11.9. The van der Waals surface area contributed by atoms with Gasteiger partial charge < -0.3 is 9.64 Å². The molecule has 1 atom stereocenters.